The van der Waals surface area contributed by atoms with Gasteiger partial charge < -0.3 is 5.11 Å². The molecule has 0 radical (unpaired) electrons. The maximum Gasteiger partial charge on any atom is 0.303 e. The van der Waals surface area contributed by atoms with Gasteiger partial charge in [-0.3, -0.25) is 10.6 Å². The second-order valence-electron chi connectivity index (χ2n) is 5.46. The van der Waals surface area contributed by atoms with E-state index < -0.39 is 5.97 Å². The fourth-order valence-corrected chi connectivity index (χ4v) is 2.33. The summed E-state index contributed by atoms with van der Waals surface area (Å²) in [6, 6.07) is 0. The van der Waals surface area contributed by atoms with E-state index in [1.165, 1.54) is 64.2 Å². The van der Waals surface area contributed by atoms with Crippen molar-refractivity contribution in [1.29, 1.82) is 0 Å². The van der Waals surface area contributed by atoms with E-state index in [1.807, 2.05) is 0 Å². The average molecular weight is 287 g/mol. The molecule has 0 aromatic carbocycles. The third-order valence-electron chi connectivity index (χ3n) is 3.54. The molecule has 0 atom stereocenters. The summed E-state index contributed by atoms with van der Waals surface area (Å²) in [5, 5.41) is 8.51. The number of unbranched alkanes of at least 4 members (excludes halogenated alkanes) is 11. The van der Waals surface area contributed by atoms with Gasteiger partial charge in [0.25, 0.3) is 0 Å². The smallest absolute Gasteiger partial charge is 0.303 e. The monoisotopic (exact) mass is 287 g/mol. The summed E-state index contributed by atoms with van der Waals surface area (Å²) in [6.45, 7) is 0.943. The average Bonchev–Trinajstić information content (AvgIpc) is 2.43. The molecule has 0 saturated carbocycles. The SMILES string of the molecule is NNNCCCCCCCCCCCCCCC(=O)O. The summed E-state index contributed by atoms with van der Waals surface area (Å²) in [6.07, 6.45) is 15.1. The van der Waals surface area contributed by atoms with E-state index in [0.717, 1.165) is 19.4 Å². The van der Waals surface area contributed by atoms with Crippen LogP contribution in [0.3, 0.4) is 0 Å². The lowest BCUT2D eigenvalue weighted by atomic mass is 10.0. The number of rotatable bonds is 16. The largest absolute Gasteiger partial charge is 0.481 e. The lowest BCUT2D eigenvalue weighted by Gasteiger charge is -2.03. The minimum Gasteiger partial charge on any atom is -0.481 e. The maximum absolute atomic E-state index is 10.3. The molecule has 0 unspecified atom stereocenters. The molecule has 0 rings (SSSR count). The standard InChI is InChI=1S/C15H33N3O2/c16-18-17-14-12-10-8-6-4-2-1-3-5-7-9-11-13-15(19)20/h17-18H,1-14,16H2,(H,19,20). The molecule has 20 heavy (non-hydrogen) atoms. The van der Waals surface area contributed by atoms with E-state index >= 15 is 0 Å². The number of carbonyl (C=O) groups is 1. The summed E-state index contributed by atoms with van der Waals surface area (Å²) in [5.74, 6) is 4.44. The van der Waals surface area contributed by atoms with Gasteiger partial charge >= 0.3 is 5.97 Å². The van der Waals surface area contributed by atoms with Crippen LogP contribution in [-0.2, 0) is 4.79 Å². The lowest BCUT2D eigenvalue weighted by Crippen LogP contribution is -2.38. The highest BCUT2D eigenvalue weighted by Crippen LogP contribution is 2.12. The Morgan fingerprint density at radius 3 is 1.55 bits per heavy atom. The van der Waals surface area contributed by atoms with Crippen LogP contribution in [0.4, 0.5) is 0 Å². The van der Waals surface area contributed by atoms with Crippen molar-refractivity contribution in [2.75, 3.05) is 6.54 Å². The fraction of sp³-hybridized carbons (Fsp3) is 0.933. The van der Waals surface area contributed by atoms with Crippen LogP contribution in [0, 0.1) is 0 Å². The summed E-state index contributed by atoms with van der Waals surface area (Å²) >= 11 is 0. The maximum atomic E-state index is 10.3. The summed E-state index contributed by atoms with van der Waals surface area (Å²) in [5.41, 5.74) is 5.33. The molecule has 0 fully saturated rings. The van der Waals surface area contributed by atoms with Crippen LogP contribution >= 0.6 is 0 Å². The molecular weight excluding hydrogens is 254 g/mol. The lowest BCUT2D eigenvalue weighted by molar-refractivity contribution is -0.137. The van der Waals surface area contributed by atoms with Crippen molar-refractivity contribution in [2.45, 2.75) is 83.5 Å². The number of hydrogen-bond acceptors (Lipinski definition) is 4. The zero-order valence-electron chi connectivity index (χ0n) is 12.8. The van der Waals surface area contributed by atoms with Crippen LogP contribution < -0.4 is 16.8 Å². The molecule has 0 saturated heterocycles. The Morgan fingerprint density at radius 1 is 0.750 bits per heavy atom. The van der Waals surface area contributed by atoms with Gasteiger partial charge in [0.2, 0.25) is 0 Å². The topological polar surface area (TPSA) is 87.4 Å². The Balaban J connectivity index is 2.94. The predicted octanol–water partition coefficient (Wildman–Crippen LogP) is 3.11. The highest BCUT2D eigenvalue weighted by atomic mass is 16.4. The number of nitrogens with two attached hydrogens (primary N) is 1. The van der Waals surface area contributed by atoms with E-state index in [1.54, 1.807) is 0 Å². The van der Waals surface area contributed by atoms with Gasteiger partial charge in [-0.15, -0.1) is 0 Å². The first kappa shape index (κ1) is 19.4. The van der Waals surface area contributed by atoms with Crippen LogP contribution in [0.25, 0.3) is 0 Å². The first-order valence-electron chi connectivity index (χ1n) is 8.17. The minimum atomic E-state index is -0.667. The Bertz CT molecular complexity index is 213. The van der Waals surface area contributed by atoms with E-state index in [2.05, 4.69) is 11.0 Å². The molecule has 0 aliphatic heterocycles. The molecule has 0 spiro atoms. The Morgan fingerprint density at radius 2 is 1.15 bits per heavy atom. The Kier molecular flexibility index (Phi) is 15.9. The predicted molar refractivity (Wildman–Crippen MR) is 83.0 cm³/mol. The molecule has 5 heteroatoms. The van der Waals surface area contributed by atoms with Crippen molar-refractivity contribution in [3.63, 3.8) is 0 Å². The van der Waals surface area contributed by atoms with Gasteiger partial charge in [-0.2, -0.15) is 5.53 Å². The van der Waals surface area contributed by atoms with Crippen LogP contribution in [-0.4, -0.2) is 17.6 Å². The molecule has 0 aliphatic rings. The number of carboxylic acids is 1. The Labute approximate surface area is 123 Å². The van der Waals surface area contributed by atoms with Gasteiger partial charge in [0, 0.05) is 13.0 Å². The van der Waals surface area contributed by atoms with Gasteiger partial charge in [-0.05, 0) is 12.8 Å². The normalized spacial score (nSPS) is 10.8. The van der Waals surface area contributed by atoms with Crippen LogP contribution in [0.1, 0.15) is 83.5 Å². The molecule has 0 bridgehead atoms. The first-order chi connectivity index (χ1) is 9.77. The van der Waals surface area contributed by atoms with E-state index in [4.69, 9.17) is 10.9 Å². The minimum absolute atomic E-state index is 0.330. The van der Waals surface area contributed by atoms with Crippen molar-refractivity contribution >= 4 is 5.97 Å². The number of carboxylic acid groups (broad SMARTS) is 1. The molecule has 0 heterocycles. The summed E-state index contributed by atoms with van der Waals surface area (Å²) in [7, 11) is 0. The molecule has 0 aromatic rings. The Hall–Kier alpha value is -0.650. The fourth-order valence-electron chi connectivity index (χ4n) is 2.33. The molecular formula is C15H33N3O2. The zero-order valence-corrected chi connectivity index (χ0v) is 12.8. The number of hydrazine groups is 2. The van der Waals surface area contributed by atoms with Crippen molar-refractivity contribution in [3.05, 3.63) is 0 Å². The number of hydrogen-bond donors (Lipinski definition) is 4. The second-order valence-corrected chi connectivity index (χ2v) is 5.46. The third-order valence-corrected chi connectivity index (χ3v) is 3.54. The quantitative estimate of drug-likeness (QED) is 0.199. The van der Waals surface area contributed by atoms with Crippen molar-refractivity contribution in [3.8, 4) is 0 Å². The van der Waals surface area contributed by atoms with Crippen LogP contribution in [0.2, 0.25) is 0 Å². The number of aliphatic carboxylic acids is 1. The molecule has 0 aliphatic carbocycles. The van der Waals surface area contributed by atoms with Crippen molar-refractivity contribution in [2.24, 2.45) is 5.84 Å². The summed E-state index contributed by atoms with van der Waals surface area (Å²) < 4.78 is 0. The first-order valence-corrected chi connectivity index (χ1v) is 8.17. The molecule has 5 N–H and O–H groups in total. The van der Waals surface area contributed by atoms with E-state index in [0.29, 0.717) is 6.42 Å². The van der Waals surface area contributed by atoms with Gasteiger partial charge in [0.05, 0.1) is 0 Å². The molecule has 5 nitrogen and oxygen atoms in total. The highest BCUT2D eigenvalue weighted by molar-refractivity contribution is 5.66. The molecule has 0 aromatic heterocycles. The van der Waals surface area contributed by atoms with Gasteiger partial charge in [0.1, 0.15) is 0 Å². The second kappa shape index (κ2) is 16.4. The molecule has 120 valence electrons. The summed E-state index contributed by atoms with van der Waals surface area (Å²) in [4.78, 5) is 10.3. The van der Waals surface area contributed by atoms with Gasteiger partial charge in [-0.1, -0.05) is 64.2 Å². The zero-order chi connectivity index (χ0) is 14.9. The van der Waals surface area contributed by atoms with Crippen LogP contribution in [0.15, 0.2) is 0 Å². The van der Waals surface area contributed by atoms with E-state index in [9.17, 15) is 4.79 Å². The van der Waals surface area contributed by atoms with Crippen molar-refractivity contribution in [1.82, 2.24) is 11.0 Å². The van der Waals surface area contributed by atoms with Gasteiger partial charge in [0.15, 0.2) is 0 Å². The third kappa shape index (κ3) is 17.4. The highest BCUT2D eigenvalue weighted by Gasteiger charge is 1.97. The molecule has 0 amide bonds. The van der Waals surface area contributed by atoms with Crippen LogP contribution in [0.5, 0.6) is 0 Å². The van der Waals surface area contributed by atoms with Crippen molar-refractivity contribution < 1.29 is 9.90 Å². The van der Waals surface area contributed by atoms with Gasteiger partial charge in [-0.25, -0.2) is 5.43 Å². The number of nitrogens with one attached hydrogen (secondary N) is 2. The van der Waals surface area contributed by atoms with E-state index in [-0.39, 0.29) is 0 Å².